The van der Waals surface area contributed by atoms with E-state index >= 15 is 0 Å². The maximum atomic E-state index is 5.68. The lowest BCUT2D eigenvalue weighted by molar-refractivity contribution is 0.201. The van der Waals surface area contributed by atoms with Gasteiger partial charge in [-0.05, 0) is 49.2 Å². The SMILES string of the molecule is c1ccc2ncc(CN3CCCC3c3nc(-c4ccc(-n5ccnc5)nc4)no3)cc2c1. The monoisotopic (exact) mass is 423 g/mol. The molecule has 8 nitrogen and oxygen atoms in total. The van der Waals surface area contributed by atoms with Crippen molar-refractivity contribution in [3.05, 3.63) is 85.0 Å². The summed E-state index contributed by atoms with van der Waals surface area (Å²) in [4.78, 5) is 20.2. The number of rotatable bonds is 5. The number of para-hydroxylation sites is 1. The Labute approximate surface area is 184 Å². The third kappa shape index (κ3) is 3.54. The molecule has 0 radical (unpaired) electrons. The van der Waals surface area contributed by atoms with Crippen molar-refractivity contribution in [2.45, 2.75) is 25.4 Å². The third-order valence-electron chi connectivity index (χ3n) is 5.90. The number of likely N-dealkylation sites (tertiary alicyclic amines) is 1. The smallest absolute Gasteiger partial charge is 0.244 e. The van der Waals surface area contributed by atoms with Gasteiger partial charge in [0.25, 0.3) is 0 Å². The van der Waals surface area contributed by atoms with Crippen molar-refractivity contribution in [2.75, 3.05) is 6.54 Å². The van der Waals surface area contributed by atoms with E-state index in [4.69, 9.17) is 9.51 Å². The maximum Gasteiger partial charge on any atom is 0.244 e. The highest BCUT2D eigenvalue weighted by molar-refractivity contribution is 5.78. The van der Waals surface area contributed by atoms with Crippen LogP contribution in [0, 0.1) is 0 Å². The largest absolute Gasteiger partial charge is 0.337 e. The molecular formula is C24H21N7O. The summed E-state index contributed by atoms with van der Waals surface area (Å²) < 4.78 is 7.53. The van der Waals surface area contributed by atoms with Crippen molar-refractivity contribution >= 4 is 10.9 Å². The summed E-state index contributed by atoms with van der Waals surface area (Å²) >= 11 is 0. The molecule has 1 aliphatic heterocycles. The second-order valence-corrected chi connectivity index (χ2v) is 8.00. The first-order valence-electron chi connectivity index (χ1n) is 10.7. The van der Waals surface area contributed by atoms with Crippen LogP contribution < -0.4 is 0 Å². The maximum absolute atomic E-state index is 5.68. The van der Waals surface area contributed by atoms with Gasteiger partial charge in [0.1, 0.15) is 12.1 Å². The van der Waals surface area contributed by atoms with E-state index < -0.39 is 0 Å². The Morgan fingerprint density at radius 2 is 2.03 bits per heavy atom. The summed E-state index contributed by atoms with van der Waals surface area (Å²) in [6.07, 6.45) is 11.1. The van der Waals surface area contributed by atoms with E-state index in [9.17, 15) is 0 Å². The van der Waals surface area contributed by atoms with Crippen molar-refractivity contribution < 1.29 is 4.52 Å². The molecule has 0 spiro atoms. The molecule has 0 bridgehead atoms. The highest BCUT2D eigenvalue weighted by atomic mass is 16.5. The average molecular weight is 423 g/mol. The van der Waals surface area contributed by atoms with E-state index in [1.165, 1.54) is 5.56 Å². The molecule has 158 valence electrons. The van der Waals surface area contributed by atoms with E-state index in [2.05, 4.69) is 37.1 Å². The van der Waals surface area contributed by atoms with Crippen molar-refractivity contribution in [2.24, 2.45) is 0 Å². The van der Waals surface area contributed by atoms with Gasteiger partial charge in [-0.2, -0.15) is 4.98 Å². The third-order valence-corrected chi connectivity index (χ3v) is 5.90. The van der Waals surface area contributed by atoms with E-state index in [1.54, 1.807) is 18.7 Å². The van der Waals surface area contributed by atoms with E-state index in [0.29, 0.717) is 11.7 Å². The van der Waals surface area contributed by atoms with Gasteiger partial charge in [-0.1, -0.05) is 23.4 Å². The number of fused-ring (bicyclic) bond motifs is 1. The predicted octanol–water partition coefficient (Wildman–Crippen LogP) is 4.20. The molecule has 1 unspecified atom stereocenters. The Morgan fingerprint density at radius 3 is 2.91 bits per heavy atom. The second kappa shape index (κ2) is 7.97. The molecule has 8 heteroatoms. The number of aromatic nitrogens is 6. The fraction of sp³-hybridized carbons (Fsp3) is 0.208. The lowest BCUT2D eigenvalue weighted by Gasteiger charge is -2.21. The van der Waals surface area contributed by atoms with Crippen LogP contribution in [0.4, 0.5) is 0 Å². The molecule has 32 heavy (non-hydrogen) atoms. The first kappa shape index (κ1) is 18.8. The highest BCUT2D eigenvalue weighted by Gasteiger charge is 2.31. The van der Waals surface area contributed by atoms with Crippen molar-refractivity contribution in [1.82, 2.24) is 34.6 Å². The van der Waals surface area contributed by atoms with Crippen LogP contribution in [0.3, 0.4) is 0 Å². The minimum Gasteiger partial charge on any atom is -0.337 e. The van der Waals surface area contributed by atoms with Gasteiger partial charge >= 0.3 is 0 Å². The summed E-state index contributed by atoms with van der Waals surface area (Å²) in [6.45, 7) is 1.80. The lowest BCUT2D eigenvalue weighted by Crippen LogP contribution is -2.23. The van der Waals surface area contributed by atoms with Gasteiger partial charge in [0.15, 0.2) is 0 Å². The first-order chi connectivity index (χ1) is 15.8. The van der Waals surface area contributed by atoms with Gasteiger partial charge in [0.05, 0.1) is 11.6 Å². The van der Waals surface area contributed by atoms with Crippen LogP contribution in [-0.4, -0.2) is 41.1 Å². The number of hydrogen-bond acceptors (Lipinski definition) is 7. The normalized spacial score (nSPS) is 16.7. The van der Waals surface area contributed by atoms with Gasteiger partial charge in [-0.3, -0.25) is 14.5 Å². The molecule has 5 heterocycles. The highest BCUT2D eigenvalue weighted by Crippen LogP contribution is 2.33. The zero-order chi connectivity index (χ0) is 21.3. The van der Waals surface area contributed by atoms with Crippen molar-refractivity contribution in [1.29, 1.82) is 0 Å². The molecule has 0 saturated carbocycles. The van der Waals surface area contributed by atoms with E-state index in [0.717, 1.165) is 48.2 Å². The van der Waals surface area contributed by atoms with Gasteiger partial charge in [-0.15, -0.1) is 0 Å². The van der Waals surface area contributed by atoms with Crippen LogP contribution in [0.2, 0.25) is 0 Å². The molecule has 1 saturated heterocycles. The molecule has 0 N–H and O–H groups in total. The molecule has 4 aromatic heterocycles. The Bertz CT molecular complexity index is 1340. The van der Waals surface area contributed by atoms with E-state index in [-0.39, 0.29) is 6.04 Å². The summed E-state index contributed by atoms with van der Waals surface area (Å²) in [7, 11) is 0. The Kier molecular flexibility index (Phi) is 4.69. The summed E-state index contributed by atoms with van der Waals surface area (Å²) in [5.41, 5.74) is 3.03. The van der Waals surface area contributed by atoms with Gasteiger partial charge in [-0.25, -0.2) is 9.97 Å². The number of benzene rings is 1. The molecule has 0 amide bonds. The number of hydrogen-bond donors (Lipinski definition) is 0. The summed E-state index contributed by atoms with van der Waals surface area (Å²) in [6, 6.07) is 14.4. The minimum atomic E-state index is 0.112. The quantitative estimate of drug-likeness (QED) is 0.419. The number of pyridine rings is 2. The zero-order valence-corrected chi connectivity index (χ0v) is 17.4. The summed E-state index contributed by atoms with van der Waals surface area (Å²) in [5, 5.41) is 5.38. The van der Waals surface area contributed by atoms with Crippen LogP contribution in [0.1, 0.15) is 30.3 Å². The average Bonchev–Trinajstić information content (AvgIpc) is 3.61. The fourth-order valence-corrected chi connectivity index (χ4v) is 4.29. The Balaban J connectivity index is 1.21. The zero-order valence-electron chi connectivity index (χ0n) is 17.4. The first-order valence-corrected chi connectivity index (χ1v) is 10.7. The number of imidazole rings is 1. The Morgan fingerprint density at radius 1 is 1.06 bits per heavy atom. The number of nitrogens with zero attached hydrogens (tertiary/aromatic N) is 7. The van der Waals surface area contributed by atoms with Crippen LogP contribution in [0.25, 0.3) is 28.1 Å². The predicted molar refractivity (Wildman–Crippen MR) is 119 cm³/mol. The second-order valence-electron chi connectivity index (χ2n) is 8.00. The van der Waals surface area contributed by atoms with Gasteiger partial charge < -0.3 is 4.52 Å². The molecule has 1 aliphatic rings. The van der Waals surface area contributed by atoms with Crippen LogP contribution in [0.5, 0.6) is 0 Å². The molecule has 1 fully saturated rings. The van der Waals surface area contributed by atoms with Crippen molar-refractivity contribution in [3.8, 4) is 17.2 Å². The molecule has 5 aromatic rings. The van der Waals surface area contributed by atoms with Crippen LogP contribution in [-0.2, 0) is 6.54 Å². The fourth-order valence-electron chi connectivity index (χ4n) is 4.29. The molecule has 1 atom stereocenters. The lowest BCUT2D eigenvalue weighted by atomic mass is 10.1. The van der Waals surface area contributed by atoms with Gasteiger partial charge in [0, 0.05) is 42.3 Å². The Hall–Kier alpha value is -3.91. The molecule has 1 aromatic carbocycles. The molecule has 6 rings (SSSR count). The minimum absolute atomic E-state index is 0.112. The molecule has 0 aliphatic carbocycles. The van der Waals surface area contributed by atoms with Crippen LogP contribution in [0.15, 0.2) is 78.1 Å². The van der Waals surface area contributed by atoms with Crippen molar-refractivity contribution in [3.63, 3.8) is 0 Å². The van der Waals surface area contributed by atoms with Gasteiger partial charge in [0.2, 0.25) is 11.7 Å². The van der Waals surface area contributed by atoms with E-state index in [1.807, 2.05) is 47.3 Å². The molecular weight excluding hydrogens is 402 g/mol. The standard InChI is InChI=1S/C24H21N7O/c1-2-5-20-18(4-1)12-17(13-26-20)15-30-10-3-6-21(30)24-28-23(29-32-24)19-7-8-22(27-14-19)31-11-9-25-16-31/h1-2,4-5,7-9,11-14,16,21H,3,6,10,15H2. The summed E-state index contributed by atoms with van der Waals surface area (Å²) in [5.74, 6) is 2.01. The van der Waals surface area contributed by atoms with Crippen LogP contribution >= 0.6 is 0 Å². The topological polar surface area (TPSA) is 85.8 Å².